The van der Waals surface area contributed by atoms with Gasteiger partial charge in [-0.2, -0.15) is 0 Å². The van der Waals surface area contributed by atoms with Crippen LogP contribution in [0.3, 0.4) is 0 Å². The van der Waals surface area contributed by atoms with Gasteiger partial charge in [0, 0.05) is 24.2 Å². The number of halogens is 1. The number of methoxy groups -OCH3 is 2. The third-order valence-electron chi connectivity index (χ3n) is 7.86. The quantitative estimate of drug-likeness (QED) is 0.309. The molecule has 0 aliphatic carbocycles. The molecule has 1 aromatic heterocycles. The standard InChI is InChI=1S/C32H39FN2O5/c1-19(2)40-28-17-25-21(16-27(28)38-6)7-9-24-29(30(36)20-11-13-32(3,4)18-39-14-12-20)34-31(35(24)25)22-8-10-26(37-5)23(33)15-22/h8,10,15-17,19-20H,7,9,11-14,18H2,1-6H3. The molecule has 1 unspecified atom stereocenters. The average Bonchev–Trinajstić information content (AvgIpc) is 3.30. The minimum Gasteiger partial charge on any atom is -0.494 e. The molecule has 0 saturated carbocycles. The van der Waals surface area contributed by atoms with Crippen LogP contribution in [0.5, 0.6) is 17.2 Å². The van der Waals surface area contributed by atoms with Gasteiger partial charge in [0.1, 0.15) is 11.5 Å². The molecular weight excluding hydrogens is 511 g/mol. The van der Waals surface area contributed by atoms with Crippen LogP contribution in [0, 0.1) is 17.2 Å². The van der Waals surface area contributed by atoms with Crippen molar-refractivity contribution in [2.75, 3.05) is 27.4 Å². The third kappa shape index (κ3) is 5.46. The first-order valence-electron chi connectivity index (χ1n) is 14.1. The Morgan fingerprint density at radius 2 is 1.85 bits per heavy atom. The fourth-order valence-electron chi connectivity index (χ4n) is 5.71. The second-order valence-electron chi connectivity index (χ2n) is 11.8. The lowest BCUT2D eigenvalue weighted by atomic mass is 9.81. The molecule has 0 N–H and O–H groups in total. The fraction of sp³-hybridized carbons (Fsp3) is 0.500. The summed E-state index contributed by atoms with van der Waals surface area (Å²) in [5, 5.41) is 0. The maximum Gasteiger partial charge on any atom is 0.186 e. The van der Waals surface area contributed by atoms with Crippen LogP contribution in [-0.2, 0) is 17.6 Å². The Hall–Kier alpha value is -3.39. The SMILES string of the molecule is COc1ccc(-c2nc(C(=O)C3CCOCC(C)(C)CC3)c3n2-c2cc(OC(C)C)c(OC)cc2CC3)cc1F. The number of ketones is 1. The molecule has 8 heteroatoms. The Bertz CT molecular complexity index is 1410. The molecule has 1 fully saturated rings. The van der Waals surface area contributed by atoms with Crippen LogP contribution in [0.25, 0.3) is 17.1 Å². The molecule has 3 aromatic rings. The predicted molar refractivity (Wildman–Crippen MR) is 152 cm³/mol. The number of nitrogens with zero attached hydrogens (tertiary/aromatic N) is 2. The summed E-state index contributed by atoms with van der Waals surface area (Å²) in [6.07, 6.45) is 3.63. The first-order valence-corrected chi connectivity index (χ1v) is 14.1. The summed E-state index contributed by atoms with van der Waals surface area (Å²) in [6, 6.07) is 8.72. The minimum absolute atomic E-state index is 0.0170. The molecule has 1 saturated heterocycles. The van der Waals surface area contributed by atoms with Crippen LogP contribution in [0.4, 0.5) is 4.39 Å². The van der Waals surface area contributed by atoms with Crippen LogP contribution in [-0.4, -0.2) is 48.9 Å². The number of benzene rings is 2. The molecule has 214 valence electrons. The van der Waals surface area contributed by atoms with Crippen LogP contribution in [0.15, 0.2) is 30.3 Å². The van der Waals surface area contributed by atoms with Crippen molar-refractivity contribution in [2.45, 2.75) is 65.9 Å². The molecule has 3 heterocycles. The molecule has 2 aliphatic heterocycles. The molecule has 2 aromatic carbocycles. The van der Waals surface area contributed by atoms with E-state index in [0.717, 1.165) is 36.2 Å². The summed E-state index contributed by atoms with van der Waals surface area (Å²) >= 11 is 0. The van der Waals surface area contributed by atoms with E-state index in [-0.39, 0.29) is 29.0 Å². The Labute approximate surface area is 235 Å². The van der Waals surface area contributed by atoms with E-state index in [0.29, 0.717) is 54.6 Å². The van der Waals surface area contributed by atoms with Gasteiger partial charge < -0.3 is 18.9 Å². The van der Waals surface area contributed by atoms with Crippen molar-refractivity contribution in [2.24, 2.45) is 11.3 Å². The second kappa shape index (κ2) is 11.2. The molecule has 7 nitrogen and oxygen atoms in total. The number of fused-ring (bicyclic) bond motifs is 3. The number of ether oxygens (including phenoxy) is 4. The topological polar surface area (TPSA) is 71.8 Å². The maximum absolute atomic E-state index is 14.9. The van der Waals surface area contributed by atoms with Gasteiger partial charge in [-0.15, -0.1) is 0 Å². The van der Waals surface area contributed by atoms with E-state index < -0.39 is 5.82 Å². The third-order valence-corrected chi connectivity index (χ3v) is 7.86. The summed E-state index contributed by atoms with van der Waals surface area (Å²) in [5.74, 6) is 1.29. The molecule has 2 aliphatic rings. The number of aryl methyl sites for hydroxylation is 1. The predicted octanol–water partition coefficient (Wildman–Crippen LogP) is 6.61. The van der Waals surface area contributed by atoms with Gasteiger partial charge >= 0.3 is 0 Å². The molecule has 5 rings (SSSR count). The number of aromatic nitrogens is 2. The van der Waals surface area contributed by atoms with Gasteiger partial charge in [0.05, 0.1) is 38.3 Å². The fourth-order valence-corrected chi connectivity index (χ4v) is 5.71. The molecule has 40 heavy (non-hydrogen) atoms. The van der Waals surface area contributed by atoms with Crippen LogP contribution in [0.1, 0.15) is 68.7 Å². The van der Waals surface area contributed by atoms with E-state index in [1.165, 1.54) is 13.2 Å². The Morgan fingerprint density at radius 3 is 2.55 bits per heavy atom. The number of hydrogen-bond donors (Lipinski definition) is 0. The molecule has 0 spiro atoms. The Kier molecular flexibility index (Phi) is 7.91. The van der Waals surface area contributed by atoms with Gasteiger partial charge in [0.25, 0.3) is 0 Å². The molecule has 1 atom stereocenters. The lowest BCUT2D eigenvalue weighted by molar-refractivity contribution is 0.0284. The highest BCUT2D eigenvalue weighted by Gasteiger charge is 2.34. The Balaban J connectivity index is 1.66. The zero-order valence-corrected chi connectivity index (χ0v) is 24.3. The highest BCUT2D eigenvalue weighted by molar-refractivity contribution is 5.98. The number of carbonyl (C=O) groups excluding carboxylic acids is 1. The van der Waals surface area contributed by atoms with E-state index in [4.69, 9.17) is 23.9 Å². The normalized spacial score (nSPS) is 18.4. The van der Waals surface area contributed by atoms with E-state index in [9.17, 15) is 9.18 Å². The van der Waals surface area contributed by atoms with Crippen molar-refractivity contribution in [3.05, 3.63) is 53.1 Å². The summed E-state index contributed by atoms with van der Waals surface area (Å²) < 4.78 is 39.7. The van der Waals surface area contributed by atoms with Crippen LogP contribution < -0.4 is 14.2 Å². The summed E-state index contributed by atoms with van der Waals surface area (Å²) in [6.45, 7) is 9.52. The molecular formula is C32H39FN2O5. The van der Waals surface area contributed by atoms with Gasteiger partial charge in [0.2, 0.25) is 0 Å². The van der Waals surface area contributed by atoms with E-state index >= 15 is 0 Å². The second-order valence-corrected chi connectivity index (χ2v) is 11.8. The highest BCUT2D eigenvalue weighted by Crippen LogP contribution is 2.41. The largest absolute Gasteiger partial charge is 0.494 e. The van der Waals surface area contributed by atoms with Gasteiger partial charge in [-0.1, -0.05) is 13.8 Å². The maximum atomic E-state index is 14.9. The van der Waals surface area contributed by atoms with Gasteiger partial charge in [-0.3, -0.25) is 9.36 Å². The number of Topliss-reactive ketones (excluding diaryl/α,β-unsaturated/α-hetero) is 1. The smallest absolute Gasteiger partial charge is 0.186 e. The first kappa shape index (κ1) is 28.1. The first-order chi connectivity index (χ1) is 19.1. The van der Waals surface area contributed by atoms with Gasteiger partial charge in [-0.05, 0) is 81.2 Å². The highest BCUT2D eigenvalue weighted by atomic mass is 19.1. The van der Waals surface area contributed by atoms with Crippen LogP contribution in [0.2, 0.25) is 0 Å². The minimum atomic E-state index is -0.487. The Morgan fingerprint density at radius 1 is 1.07 bits per heavy atom. The van der Waals surface area contributed by atoms with E-state index in [1.807, 2.05) is 30.5 Å². The van der Waals surface area contributed by atoms with Gasteiger partial charge in [0.15, 0.2) is 28.8 Å². The summed E-state index contributed by atoms with van der Waals surface area (Å²) in [7, 11) is 3.06. The van der Waals surface area contributed by atoms with E-state index in [1.54, 1.807) is 19.2 Å². The number of hydrogen-bond acceptors (Lipinski definition) is 6. The monoisotopic (exact) mass is 550 g/mol. The molecule has 0 amide bonds. The number of imidazole rings is 1. The van der Waals surface area contributed by atoms with Crippen molar-refractivity contribution in [1.29, 1.82) is 0 Å². The average molecular weight is 551 g/mol. The van der Waals surface area contributed by atoms with Crippen molar-refractivity contribution >= 4 is 5.78 Å². The van der Waals surface area contributed by atoms with Gasteiger partial charge in [-0.25, -0.2) is 9.37 Å². The zero-order chi connectivity index (χ0) is 28.6. The summed E-state index contributed by atoms with van der Waals surface area (Å²) in [5.41, 5.74) is 3.79. The van der Waals surface area contributed by atoms with E-state index in [2.05, 4.69) is 13.8 Å². The van der Waals surface area contributed by atoms with Crippen LogP contribution >= 0.6 is 0 Å². The van der Waals surface area contributed by atoms with Crippen molar-refractivity contribution in [1.82, 2.24) is 9.55 Å². The molecule has 0 radical (unpaired) electrons. The lowest BCUT2D eigenvalue weighted by Crippen LogP contribution is -2.28. The van der Waals surface area contributed by atoms with Crippen molar-refractivity contribution < 1.29 is 28.1 Å². The zero-order valence-electron chi connectivity index (χ0n) is 24.3. The van der Waals surface area contributed by atoms with Crippen molar-refractivity contribution in [3.8, 4) is 34.3 Å². The van der Waals surface area contributed by atoms with Crippen molar-refractivity contribution in [3.63, 3.8) is 0 Å². The molecule has 0 bridgehead atoms. The lowest BCUT2D eigenvalue weighted by Gasteiger charge is -2.30. The number of carbonyl (C=O) groups is 1. The summed E-state index contributed by atoms with van der Waals surface area (Å²) in [4.78, 5) is 19.1. The number of rotatable bonds is 7.